The lowest BCUT2D eigenvalue weighted by Gasteiger charge is -2.18. The van der Waals surface area contributed by atoms with Crippen molar-refractivity contribution in [2.45, 2.75) is 17.2 Å². The number of amides is 1. The van der Waals surface area contributed by atoms with E-state index in [0.717, 1.165) is 5.56 Å². The number of anilines is 1. The minimum Gasteiger partial charge on any atom is -0.493 e. The van der Waals surface area contributed by atoms with Crippen LogP contribution in [-0.4, -0.2) is 35.1 Å². The number of carbonyl (C=O) groups is 1. The third-order valence-corrected chi connectivity index (χ3v) is 6.86. The number of ether oxygens (including phenoxy) is 3. The van der Waals surface area contributed by atoms with E-state index in [9.17, 15) is 13.2 Å². The number of carbonyl (C=O) groups excluding carboxylic acids is 1. The fourth-order valence-corrected chi connectivity index (χ4v) is 4.58. The first kappa shape index (κ1) is 23.9. The molecule has 8 nitrogen and oxygen atoms in total. The van der Waals surface area contributed by atoms with E-state index in [1.165, 1.54) is 19.2 Å². The first-order valence-corrected chi connectivity index (χ1v) is 12.2. The van der Waals surface area contributed by atoms with Crippen LogP contribution in [0.15, 0.2) is 65.6 Å². The molecule has 1 atom stereocenters. The van der Waals surface area contributed by atoms with Crippen LogP contribution in [0.4, 0.5) is 5.69 Å². The van der Waals surface area contributed by atoms with E-state index in [0.29, 0.717) is 46.7 Å². The van der Waals surface area contributed by atoms with E-state index in [1.54, 1.807) is 48.4 Å². The van der Waals surface area contributed by atoms with Gasteiger partial charge in [0.2, 0.25) is 21.7 Å². The van der Waals surface area contributed by atoms with Gasteiger partial charge in [0.25, 0.3) is 0 Å². The first-order chi connectivity index (χ1) is 16.2. The highest BCUT2D eigenvalue weighted by Gasteiger charge is 2.32. The second-order valence-corrected chi connectivity index (χ2v) is 9.70. The van der Waals surface area contributed by atoms with Crippen LogP contribution in [0.1, 0.15) is 17.9 Å². The van der Waals surface area contributed by atoms with Gasteiger partial charge in [-0.05, 0) is 54.1 Å². The molecule has 178 valence electrons. The summed E-state index contributed by atoms with van der Waals surface area (Å²) in [5.41, 5.74) is 1.49. The van der Waals surface area contributed by atoms with Gasteiger partial charge in [0.05, 0.1) is 24.1 Å². The number of hydrogen-bond acceptors (Lipinski definition) is 6. The number of nitrogens with zero attached hydrogens (tertiary/aromatic N) is 1. The number of benzene rings is 3. The van der Waals surface area contributed by atoms with Crippen LogP contribution in [0.25, 0.3) is 0 Å². The number of sulfonamides is 1. The molecule has 1 fully saturated rings. The fourth-order valence-electron chi connectivity index (χ4n) is 3.90. The zero-order valence-corrected chi connectivity index (χ0v) is 20.1. The Balaban J connectivity index is 1.57. The molecule has 2 N–H and O–H groups in total. The molecule has 1 saturated heterocycles. The van der Waals surface area contributed by atoms with Gasteiger partial charge in [-0.3, -0.25) is 4.79 Å². The van der Waals surface area contributed by atoms with Gasteiger partial charge >= 0.3 is 0 Å². The number of para-hydroxylation sites is 1. The molecule has 0 spiro atoms. The summed E-state index contributed by atoms with van der Waals surface area (Å²) in [5, 5.41) is 5.57. The molecule has 0 aromatic heterocycles. The number of nitrogens with two attached hydrogens (primary N) is 1. The molecule has 3 aromatic carbocycles. The summed E-state index contributed by atoms with van der Waals surface area (Å²) in [6.07, 6.45) is 0.292. The maximum Gasteiger partial charge on any atom is 0.238 e. The van der Waals surface area contributed by atoms with E-state index in [4.69, 9.17) is 31.0 Å². The summed E-state index contributed by atoms with van der Waals surface area (Å²) >= 11 is 6.39. The fraction of sp³-hybridized carbons (Fsp3) is 0.208. The maximum atomic E-state index is 12.7. The number of hydrogen-bond donors (Lipinski definition) is 1. The molecule has 0 radical (unpaired) electrons. The van der Waals surface area contributed by atoms with E-state index in [1.807, 2.05) is 12.1 Å². The van der Waals surface area contributed by atoms with Gasteiger partial charge in [-0.15, -0.1) is 0 Å². The first-order valence-electron chi connectivity index (χ1n) is 10.3. The SMILES string of the molecule is COc1cccc(Oc2cc([C@H]3CC(=O)N(c4ccc(S(N)(=O)=O)cc4)C3)ccc2Cl)c1OC. The summed E-state index contributed by atoms with van der Waals surface area (Å²) < 4.78 is 39.8. The van der Waals surface area contributed by atoms with Crippen molar-refractivity contribution in [1.29, 1.82) is 0 Å². The van der Waals surface area contributed by atoms with Crippen LogP contribution in [0.5, 0.6) is 23.0 Å². The molecule has 34 heavy (non-hydrogen) atoms. The monoisotopic (exact) mass is 502 g/mol. The Kier molecular flexibility index (Phi) is 6.70. The van der Waals surface area contributed by atoms with Crippen molar-refractivity contribution >= 4 is 33.2 Å². The minimum absolute atomic E-state index is 0.00749. The Morgan fingerprint density at radius 3 is 2.32 bits per heavy atom. The molecule has 0 aliphatic carbocycles. The largest absolute Gasteiger partial charge is 0.493 e. The number of halogens is 1. The quantitative estimate of drug-likeness (QED) is 0.515. The highest BCUT2D eigenvalue weighted by molar-refractivity contribution is 7.89. The Labute approximate surface area is 202 Å². The maximum absolute atomic E-state index is 12.7. The van der Waals surface area contributed by atoms with Crippen molar-refractivity contribution in [3.63, 3.8) is 0 Å². The Morgan fingerprint density at radius 2 is 1.68 bits per heavy atom. The Bertz CT molecular complexity index is 1330. The zero-order chi connectivity index (χ0) is 24.5. The molecular formula is C24H23ClN2O6S. The summed E-state index contributed by atoms with van der Waals surface area (Å²) in [5.74, 6) is 1.67. The van der Waals surface area contributed by atoms with Gasteiger partial charge in [-0.2, -0.15) is 0 Å². The van der Waals surface area contributed by atoms with E-state index in [-0.39, 0.29) is 16.7 Å². The van der Waals surface area contributed by atoms with Gasteiger partial charge in [0.15, 0.2) is 11.5 Å². The highest BCUT2D eigenvalue weighted by atomic mass is 35.5. The molecule has 3 aromatic rings. The van der Waals surface area contributed by atoms with E-state index < -0.39 is 10.0 Å². The molecule has 4 rings (SSSR count). The van der Waals surface area contributed by atoms with Crippen LogP contribution in [0.3, 0.4) is 0 Å². The van der Waals surface area contributed by atoms with Crippen molar-refractivity contribution in [3.8, 4) is 23.0 Å². The van der Waals surface area contributed by atoms with Gasteiger partial charge < -0.3 is 19.1 Å². The predicted octanol–water partition coefficient (Wildman–Crippen LogP) is 4.32. The molecule has 1 aliphatic rings. The number of rotatable bonds is 7. The molecule has 1 aliphatic heterocycles. The van der Waals surface area contributed by atoms with Crippen molar-refractivity contribution in [2.24, 2.45) is 5.14 Å². The number of methoxy groups -OCH3 is 2. The third-order valence-electron chi connectivity index (χ3n) is 5.62. The molecule has 0 saturated carbocycles. The smallest absolute Gasteiger partial charge is 0.238 e. The lowest BCUT2D eigenvalue weighted by Crippen LogP contribution is -2.24. The second kappa shape index (κ2) is 9.54. The van der Waals surface area contributed by atoms with Crippen LogP contribution in [-0.2, 0) is 14.8 Å². The van der Waals surface area contributed by atoms with Crippen LogP contribution >= 0.6 is 11.6 Å². The topological polar surface area (TPSA) is 108 Å². The van der Waals surface area contributed by atoms with E-state index in [2.05, 4.69) is 0 Å². The average molecular weight is 503 g/mol. The molecule has 0 bridgehead atoms. The predicted molar refractivity (Wildman–Crippen MR) is 129 cm³/mol. The summed E-state index contributed by atoms with van der Waals surface area (Å²) in [4.78, 5) is 14.3. The van der Waals surface area contributed by atoms with Gasteiger partial charge in [0.1, 0.15) is 5.75 Å². The highest BCUT2D eigenvalue weighted by Crippen LogP contribution is 2.42. The molecular weight excluding hydrogens is 480 g/mol. The van der Waals surface area contributed by atoms with Gasteiger partial charge in [-0.1, -0.05) is 23.7 Å². The Hall–Kier alpha value is -3.27. The van der Waals surface area contributed by atoms with Crippen molar-refractivity contribution in [2.75, 3.05) is 25.7 Å². The van der Waals surface area contributed by atoms with Crippen LogP contribution in [0, 0.1) is 0 Å². The standard InChI is InChI=1S/C24H23ClN2O6S/c1-31-20-4-3-5-21(24(20)32-2)33-22-12-15(6-11-19(22)25)16-13-23(28)27(14-16)17-7-9-18(10-8-17)34(26,29)30/h3-12,16H,13-14H2,1-2H3,(H2,26,29,30)/t16-/m0/s1. The molecule has 1 amide bonds. The molecule has 10 heteroatoms. The normalized spacial score (nSPS) is 15.9. The summed E-state index contributed by atoms with van der Waals surface area (Å²) in [6.45, 7) is 0.428. The third kappa shape index (κ3) is 4.82. The summed E-state index contributed by atoms with van der Waals surface area (Å²) in [6, 6.07) is 16.6. The molecule has 0 unspecified atom stereocenters. The van der Waals surface area contributed by atoms with Gasteiger partial charge in [0, 0.05) is 24.6 Å². The zero-order valence-electron chi connectivity index (χ0n) is 18.5. The number of primary sulfonamides is 1. The van der Waals surface area contributed by atoms with Crippen LogP contribution < -0.4 is 24.2 Å². The van der Waals surface area contributed by atoms with Gasteiger partial charge in [-0.25, -0.2) is 13.6 Å². The van der Waals surface area contributed by atoms with Crippen molar-refractivity contribution < 1.29 is 27.4 Å². The van der Waals surface area contributed by atoms with Crippen LogP contribution in [0.2, 0.25) is 5.02 Å². The van der Waals surface area contributed by atoms with Crippen molar-refractivity contribution in [3.05, 3.63) is 71.2 Å². The average Bonchev–Trinajstić information content (AvgIpc) is 3.21. The Morgan fingerprint density at radius 1 is 0.971 bits per heavy atom. The lowest BCUT2D eigenvalue weighted by atomic mass is 9.98. The molecule has 1 heterocycles. The van der Waals surface area contributed by atoms with Crippen molar-refractivity contribution in [1.82, 2.24) is 0 Å². The minimum atomic E-state index is -3.80. The summed E-state index contributed by atoms with van der Waals surface area (Å²) in [7, 11) is -0.734. The lowest BCUT2D eigenvalue weighted by molar-refractivity contribution is -0.117. The second-order valence-electron chi connectivity index (χ2n) is 7.73. The van der Waals surface area contributed by atoms with E-state index >= 15 is 0 Å².